The van der Waals surface area contributed by atoms with Crippen LogP contribution in [0.15, 0.2) is 30.3 Å². The van der Waals surface area contributed by atoms with Gasteiger partial charge in [0.25, 0.3) is 0 Å². The van der Waals surface area contributed by atoms with E-state index in [-0.39, 0.29) is 28.4 Å². The van der Waals surface area contributed by atoms with Crippen LogP contribution in [0.4, 0.5) is 0 Å². The first kappa shape index (κ1) is 15.6. The third-order valence-electron chi connectivity index (χ3n) is 5.37. The molecule has 0 amide bonds. The van der Waals surface area contributed by atoms with E-state index in [0.29, 0.717) is 32.7 Å². The first-order chi connectivity index (χ1) is 12.4. The van der Waals surface area contributed by atoms with Crippen LogP contribution in [-0.2, 0) is 0 Å². The Kier molecular flexibility index (Phi) is 2.99. The molecule has 0 spiro atoms. The van der Waals surface area contributed by atoms with E-state index in [4.69, 9.17) is 11.6 Å². The number of rotatable bonds is 0. The molecule has 0 aromatic heterocycles. The number of hydrogen-bond acceptors (Lipinski definition) is 5. The Balaban J connectivity index is 2.13. The van der Waals surface area contributed by atoms with Crippen LogP contribution in [-0.4, -0.2) is 31.6 Å². The van der Waals surface area contributed by atoms with Gasteiger partial charge in [0, 0.05) is 10.9 Å². The van der Waals surface area contributed by atoms with Crippen molar-refractivity contribution < 1.29 is 25.2 Å². The Bertz CT molecular complexity index is 1180. The van der Waals surface area contributed by atoms with Crippen molar-refractivity contribution in [1.29, 1.82) is 0 Å². The minimum absolute atomic E-state index is 0.106. The average Bonchev–Trinajstić information content (AvgIpc) is 2.62. The Morgan fingerprint density at radius 1 is 0.808 bits per heavy atom. The minimum atomic E-state index is -1.24. The number of aliphatic hydroxyl groups excluding tert-OH is 2. The predicted octanol–water partition coefficient (Wildman–Crippen LogP) is 3.30. The largest absolute Gasteiger partial charge is 0.508 e. The summed E-state index contributed by atoms with van der Waals surface area (Å²) < 4.78 is 0. The van der Waals surface area contributed by atoms with Crippen LogP contribution in [0.1, 0.15) is 39.3 Å². The average molecular weight is 369 g/mol. The van der Waals surface area contributed by atoms with E-state index in [0.717, 1.165) is 0 Å². The zero-order valence-corrected chi connectivity index (χ0v) is 14.0. The fourth-order valence-electron chi connectivity index (χ4n) is 4.25. The second-order valence-electron chi connectivity index (χ2n) is 6.66. The molecule has 4 N–H and O–H groups in total. The summed E-state index contributed by atoms with van der Waals surface area (Å²) in [4.78, 5) is 12.3. The van der Waals surface area contributed by atoms with Crippen LogP contribution >= 0.6 is 11.6 Å². The van der Waals surface area contributed by atoms with Crippen LogP contribution in [0.5, 0.6) is 11.5 Å². The van der Waals surface area contributed by atoms with E-state index in [9.17, 15) is 25.2 Å². The first-order valence-corrected chi connectivity index (χ1v) is 8.55. The normalized spacial score (nSPS) is 23.8. The summed E-state index contributed by atoms with van der Waals surface area (Å²) in [5.41, 5.74) is 1.45. The summed E-state index contributed by atoms with van der Waals surface area (Å²) in [6.45, 7) is 0. The highest BCUT2D eigenvalue weighted by atomic mass is 35.5. The van der Waals surface area contributed by atoms with Gasteiger partial charge in [-0.1, -0.05) is 18.2 Å². The van der Waals surface area contributed by atoms with E-state index < -0.39 is 17.6 Å². The van der Waals surface area contributed by atoms with Crippen molar-refractivity contribution in [3.63, 3.8) is 0 Å². The molecule has 5 nitrogen and oxygen atoms in total. The Morgan fingerprint density at radius 3 is 2.15 bits per heavy atom. The van der Waals surface area contributed by atoms with Gasteiger partial charge in [0.2, 0.25) is 0 Å². The fourth-order valence-corrected chi connectivity index (χ4v) is 4.50. The van der Waals surface area contributed by atoms with Gasteiger partial charge >= 0.3 is 0 Å². The molecule has 2 aliphatic rings. The summed E-state index contributed by atoms with van der Waals surface area (Å²) in [5, 5.41) is 43.2. The summed E-state index contributed by atoms with van der Waals surface area (Å²) in [5.74, 6) is -0.560. The van der Waals surface area contributed by atoms with E-state index >= 15 is 0 Å². The molecule has 3 aromatic rings. The number of halogens is 1. The molecule has 0 aliphatic heterocycles. The number of carbonyl (C=O) groups is 1. The number of aromatic hydroxyl groups is 2. The van der Waals surface area contributed by atoms with Crippen LogP contribution < -0.4 is 0 Å². The molecule has 0 bridgehead atoms. The monoisotopic (exact) mass is 368 g/mol. The number of carbonyl (C=O) groups excluding carboxylic acids is 1. The van der Waals surface area contributed by atoms with Gasteiger partial charge in [-0.25, -0.2) is 0 Å². The number of fused-ring (bicyclic) bond motifs is 2. The Hall–Kier alpha value is -2.60. The van der Waals surface area contributed by atoms with Gasteiger partial charge in [0.1, 0.15) is 17.6 Å². The molecule has 0 radical (unpaired) electrons. The van der Waals surface area contributed by atoms with Crippen molar-refractivity contribution in [2.75, 3.05) is 0 Å². The van der Waals surface area contributed by atoms with E-state index in [2.05, 4.69) is 0 Å². The second kappa shape index (κ2) is 4.98. The standard InChI is InChI=1S/C20H13ClO5/c21-18-19(25)15-9-3-6-11(23)16-10(22)4-1-7(13(9)16)8-2-5-12(24)17(14(8)15)20(18)26/h1-6,18-20,22,24-26H/t18-,19-,20+/m0/s1. The van der Waals surface area contributed by atoms with Crippen LogP contribution in [0.2, 0.25) is 0 Å². The molecule has 0 unspecified atom stereocenters. The van der Waals surface area contributed by atoms with Gasteiger partial charge in [0.05, 0.1) is 17.0 Å². The predicted molar refractivity (Wildman–Crippen MR) is 97.7 cm³/mol. The molecule has 0 heterocycles. The van der Waals surface area contributed by atoms with E-state index in [1.807, 2.05) is 0 Å². The zero-order chi connectivity index (χ0) is 18.3. The van der Waals surface area contributed by atoms with Gasteiger partial charge in [-0.2, -0.15) is 0 Å². The lowest BCUT2D eigenvalue weighted by Gasteiger charge is -2.34. The number of hydrogen-bond donors (Lipinski definition) is 4. The number of alkyl halides is 1. The van der Waals surface area contributed by atoms with Gasteiger partial charge in [-0.15, -0.1) is 11.6 Å². The van der Waals surface area contributed by atoms with Crippen LogP contribution in [0, 0.1) is 0 Å². The fraction of sp³-hybridized carbons (Fsp3) is 0.150. The lowest BCUT2D eigenvalue weighted by Crippen LogP contribution is -2.27. The summed E-state index contributed by atoms with van der Waals surface area (Å²) in [7, 11) is 0. The number of phenolic OH excluding ortho intramolecular Hbond substituents is 2. The number of ketones is 1. The molecule has 6 heteroatoms. The molecule has 2 aliphatic carbocycles. The molecule has 0 saturated carbocycles. The van der Waals surface area contributed by atoms with Crippen molar-refractivity contribution in [2.45, 2.75) is 17.6 Å². The van der Waals surface area contributed by atoms with Crippen LogP contribution in [0.3, 0.4) is 0 Å². The van der Waals surface area contributed by atoms with Crippen molar-refractivity contribution in [3.8, 4) is 11.5 Å². The molecule has 26 heavy (non-hydrogen) atoms. The van der Waals surface area contributed by atoms with Crippen molar-refractivity contribution >= 4 is 45.0 Å². The Labute approximate surface area is 152 Å². The van der Waals surface area contributed by atoms with Crippen molar-refractivity contribution in [2.24, 2.45) is 0 Å². The summed E-state index contributed by atoms with van der Waals surface area (Å²) in [6, 6.07) is 6.28. The third-order valence-corrected chi connectivity index (χ3v) is 5.84. The van der Waals surface area contributed by atoms with Crippen molar-refractivity contribution in [3.05, 3.63) is 52.6 Å². The highest BCUT2D eigenvalue weighted by Crippen LogP contribution is 2.52. The van der Waals surface area contributed by atoms with E-state index in [1.54, 1.807) is 18.2 Å². The maximum Gasteiger partial charge on any atom is 0.190 e. The number of allylic oxidation sites excluding steroid dienone is 1. The van der Waals surface area contributed by atoms with Crippen LogP contribution in [0.25, 0.3) is 27.6 Å². The van der Waals surface area contributed by atoms with Gasteiger partial charge in [-0.05, 0) is 45.5 Å². The molecular weight excluding hydrogens is 356 g/mol. The molecule has 3 atom stereocenters. The maximum atomic E-state index is 12.3. The summed E-state index contributed by atoms with van der Waals surface area (Å²) >= 11 is 6.25. The highest BCUT2D eigenvalue weighted by Gasteiger charge is 2.39. The quantitative estimate of drug-likeness (QED) is 0.360. The topological polar surface area (TPSA) is 98.0 Å². The van der Waals surface area contributed by atoms with E-state index in [1.165, 1.54) is 18.2 Å². The molecule has 0 saturated heterocycles. The SMILES string of the molecule is O=C1C=Cc2c3c4c(c(O)ccc4c4ccc(O)c1c24)[C@@H](O)[C@@H](Cl)[C@H]3O. The van der Waals surface area contributed by atoms with Gasteiger partial charge in [-0.3, -0.25) is 4.79 Å². The first-order valence-electron chi connectivity index (χ1n) is 8.11. The molecule has 3 aromatic carbocycles. The van der Waals surface area contributed by atoms with Gasteiger partial charge < -0.3 is 20.4 Å². The molecule has 0 fully saturated rings. The maximum absolute atomic E-state index is 12.3. The zero-order valence-electron chi connectivity index (χ0n) is 13.3. The van der Waals surface area contributed by atoms with Gasteiger partial charge in [0.15, 0.2) is 5.78 Å². The third kappa shape index (κ3) is 1.70. The molecule has 5 rings (SSSR count). The van der Waals surface area contributed by atoms with Crippen molar-refractivity contribution in [1.82, 2.24) is 0 Å². The lowest BCUT2D eigenvalue weighted by molar-refractivity contribution is 0.0805. The minimum Gasteiger partial charge on any atom is -0.508 e. The molecular formula is C20H13ClO5. The lowest BCUT2D eigenvalue weighted by atomic mass is 9.77. The highest BCUT2D eigenvalue weighted by molar-refractivity contribution is 6.28. The number of aliphatic hydroxyl groups is 2. The number of benzene rings is 3. The number of phenols is 2. The Morgan fingerprint density at radius 2 is 1.42 bits per heavy atom. The molecule has 130 valence electrons. The summed E-state index contributed by atoms with van der Waals surface area (Å²) in [6.07, 6.45) is 0.488. The smallest absolute Gasteiger partial charge is 0.190 e. The second-order valence-corrected chi connectivity index (χ2v) is 7.17.